The summed E-state index contributed by atoms with van der Waals surface area (Å²) in [5, 5.41) is 4.34. The van der Waals surface area contributed by atoms with Gasteiger partial charge in [0.25, 0.3) is 0 Å². The summed E-state index contributed by atoms with van der Waals surface area (Å²) in [6.07, 6.45) is 7.37. The van der Waals surface area contributed by atoms with E-state index >= 15 is 0 Å². The minimum atomic E-state index is 0.603. The molecule has 6 heterocycles. The zero-order valence-corrected chi connectivity index (χ0v) is 65.9. The molecule has 0 fully saturated rings. The van der Waals surface area contributed by atoms with Crippen molar-refractivity contribution in [3.63, 3.8) is 0 Å². The van der Waals surface area contributed by atoms with E-state index in [1.807, 2.05) is 152 Å². The first-order chi connectivity index (χ1) is 60.4. The molecule has 0 aliphatic rings. The molecule has 6 aromatic heterocycles. The van der Waals surface area contributed by atoms with E-state index < -0.39 is 0 Å². The molecule has 0 saturated carbocycles. The second-order valence-corrected chi connectivity index (χ2v) is 29.7. The molecule has 0 saturated heterocycles. The molecule has 0 radical (unpaired) electrons. The van der Waals surface area contributed by atoms with Crippen molar-refractivity contribution in [2.24, 2.45) is 0 Å². The molecule has 0 N–H and O–H groups in total. The molecule has 0 unspecified atom stereocenters. The summed E-state index contributed by atoms with van der Waals surface area (Å²) < 4.78 is 0. The van der Waals surface area contributed by atoms with E-state index in [0.29, 0.717) is 46.6 Å². The van der Waals surface area contributed by atoms with Crippen molar-refractivity contribution in [2.45, 2.75) is 0 Å². The highest BCUT2D eigenvalue weighted by molar-refractivity contribution is 5.90. The number of hydrogen-bond acceptors (Lipinski definition) is 12. The van der Waals surface area contributed by atoms with Crippen molar-refractivity contribution in [1.29, 1.82) is 0 Å². The van der Waals surface area contributed by atoms with Gasteiger partial charge in [0.05, 0.1) is 22.8 Å². The van der Waals surface area contributed by atoms with Crippen molar-refractivity contribution >= 4 is 21.5 Å². The maximum atomic E-state index is 5.21. The van der Waals surface area contributed by atoms with Crippen LogP contribution in [0.1, 0.15) is 0 Å². The fourth-order valence-electron chi connectivity index (χ4n) is 15.2. The zero-order chi connectivity index (χ0) is 81.3. The highest BCUT2D eigenvalue weighted by Crippen LogP contribution is 2.39. The third-order valence-corrected chi connectivity index (χ3v) is 21.6. The number of benzene rings is 15. The molecule has 21 aromatic rings. The summed E-state index contributed by atoms with van der Waals surface area (Å²) in [6, 6.07) is 142. The summed E-state index contributed by atoms with van der Waals surface area (Å²) in [7, 11) is 0. The van der Waals surface area contributed by atoms with E-state index in [4.69, 9.17) is 49.8 Å². The van der Waals surface area contributed by atoms with E-state index in [-0.39, 0.29) is 0 Å². The van der Waals surface area contributed by atoms with Crippen molar-refractivity contribution in [3.8, 4) is 192 Å². The van der Waals surface area contributed by atoms with E-state index in [1.165, 1.54) is 0 Å². The summed E-state index contributed by atoms with van der Waals surface area (Å²) in [6.45, 7) is 0. The fourth-order valence-corrected chi connectivity index (χ4v) is 15.2. The molecule has 0 bridgehead atoms. The number of aromatic nitrogens is 12. The average Bonchev–Trinajstić information content (AvgIpc) is 0.789. The van der Waals surface area contributed by atoms with Crippen molar-refractivity contribution < 1.29 is 0 Å². The standard InChI is InChI=1S/C58H38N6.C52H34N6/c1-5-14-39(15-6-1)50-34-51(40-16-7-2-8-17-40)36-52(35-50)54-37-53(60-55(61-54)43-18-9-3-10-19-43)42-26-24-41(25-27-42)45-22-13-23-47(32-45)57-62-56(44-20-11-4-12-21-44)63-58(64-57)48-28-29-49-38-59-31-30-46(49)33-48;1-4-11-35(12-5-1)36-21-25-41(26-22-36)51-56-50(40-15-8-3-9-16-40)57-52(58-51)45-18-10-17-42(32-45)37-19-23-38(24-20-37)47-33-48(55-49(54-47)39-13-6-2-7-14-39)44-27-28-46-34-53-30-29-43(46)31-44/h1-38H;1-34H. The summed E-state index contributed by atoms with van der Waals surface area (Å²) in [5.74, 6) is 5.04. The maximum absolute atomic E-state index is 5.21. The molecule has 21 rings (SSSR count). The highest BCUT2D eigenvalue weighted by atomic mass is 15.0. The Labute approximate surface area is 705 Å². The van der Waals surface area contributed by atoms with Gasteiger partial charge in [0.1, 0.15) is 0 Å². The van der Waals surface area contributed by atoms with Crippen molar-refractivity contribution in [3.05, 3.63) is 437 Å². The van der Waals surface area contributed by atoms with Gasteiger partial charge in [0.15, 0.2) is 46.6 Å². The lowest BCUT2D eigenvalue weighted by Crippen LogP contribution is -2.00. The molecule has 0 aliphatic heterocycles. The molecular weight excluding hydrogens is 1490 g/mol. The first-order valence-corrected chi connectivity index (χ1v) is 40.4. The predicted octanol–water partition coefficient (Wildman–Crippen LogP) is 26.8. The quantitative estimate of drug-likeness (QED) is 0.0852. The molecule has 0 amide bonds. The van der Waals surface area contributed by atoms with Crippen LogP contribution >= 0.6 is 0 Å². The Morgan fingerprint density at radius 3 is 0.713 bits per heavy atom. The van der Waals surface area contributed by atoms with Gasteiger partial charge in [-0.3, -0.25) is 9.97 Å². The number of rotatable bonds is 17. The van der Waals surface area contributed by atoms with Crippen molar-refractivity contribution in [1.82, 2.24) is 59.8 Å². The van der Waals surface area contributed by atoms with Crippen LogP contribution in [-0.4, -0.2) is 59.8 Å². The molecule has 15 aromatic carbocycles. The van der Waals surface area contributed by atoms with Crippen LogP contribution in [0.15, 0.2) is 437 Å². The molecule has 0 atom stereocenters. The highest BCUT2D eigenvalue weighted by Gasteiger charge is 2.20. The molecule has 12 heteroatoms. The predicted molar refractivity (Wildman–Crippen MR) is 494 cm³/mol. The van der Waals surface area contributed by atoms with Gasteiger partial charge < -0.3 is 0 Å². The largest absolute Gasteiger partial charge is 0.264 e. The van der Waals surface area contributed by atoms with E-state index in [1.54, 1.807) is 6.20 Å². The lowest BCUT2D eigenvalue weighted by molar-refractivity contribution is 1.07. The van der Waals surface area contributed by atoms with Crippen LogP contribution in [0.3, 0.4) is 0 Å². The maximum Gasteiger partial charge on any atom is 0.164 e. The van der Waals surface area contributed by atoms with Gasteiger partial charge in [0, 0.05) is 102 Å². The molecule has 0 spiro atoms. The number of pyridine rings is 2. The lowest BCUT2D eigenvalue weighted by atomic mass is 9.94. The van der Waals surface area contributed by atoms with E-state index in [9.17, 15) is 0 Å². The lowest BCUT2D eigenvalue weighted by Gasteiger charge is -2.13. The van der Waals surface area contributed by atoms with Crippen LogP contribution in [-0.2, 0) is 0 Å². The molecule has 122 heavy (non-hydrogen) atoms. The van der Waals surface area contributed by atoms with E-state index in [2.05, 4.69) is 289 Å². The third-order valence-electron chi connectivity index (χ3n) is 21.6. The summed E-state index contributed by atoms with van der Waals surface area (Å²) in [4.78, 5) is 59.0. The molecule has 12 nitrogen and oxygen atoms in total. The van der Waals surface area contributed by atoms with Gasteiger partial charge in [-0.25, -0.2) is 49.8 Å². The van der Waals surface area contributed by atoms with Crippen molar-refractivity contribution in [2.75, 3.05) is 0 Å². The van der Waals surface area contributed by atoms with Gasteiger partial charge in [-0.2, -0.15) is 0 Å². The average molecular weight is 1560 g/mol. The van der Waals surface area contributed by atoms with Crippen LogP contribution in [0.5, 0.6) is 0 Å². The molecule has 572 valence electrons. The SMILES string of the molecule is c1ccc(-c2cc(-c3ccccc3)cc(-c3cc(-c4ccc(-c5cccc(-c6nc(-c7ccccc7)nc(-c7ccc8cnccc8c7)n6)c5)cc4)nc(-c4ccccc4)n3)c2)cc1.c1ccc(-c2ccc(-c3nc(-c4ccccc4)nc(-c4cccc(-c5ccc(-c6cc(-c7ccc8cnccc8c7)nc(-c7ccccc7)n6)cc5)c4)n3)cc2)cc1. The van der Waals surface area contributed by atoms with Crippen LogP contribution in [0.25, 0.3) is 213 Å². The monoisotopic (exact) mass is 1560 g/mol. The second kappa shape index (κ2) is 33.9. The summed E-state index contributed by atoms with van der Waals surface area (Å²) in [5.41, 5.74) is 25.9. The van der Waals surface area contributed by atoms with Gasteiger partial charge in [-0.1, -0.05) is 346 Å². The Bertz CT molecular complexity index is 7260. The minimum absolute atomic E-state index is 0.603. The topological polar surface area (TPSA) is 155 Å². The van der Waals surface area contributed by atoms with Crippen LogP contribution < -0.4 is 0 Å². The number of hydrogen-bond donors (Lipinski definition) is 0. The normalized spacial score (nSPS) is 11.1. The molecule has 0 aliphatic carbocycles. The second-order valence-electron chi connectivity index (χ2n) is 29.7. The third kappa shape index (κ3) is 16.3. The van der Waals surface area contributed by atoms with Crippen LogP contribution in [0.2, 0.25) is 0 Å². The fraction of sp³-hybridized carbons (Fsp3) is 0. The van der Waals surface area contributed by atoms with Gasteiger partial charge in [0.2, 0.25) is 0 Å². The minimum Gasteiger partial charge on any atom is -0.264 e. The number of fused-ring (bicyclic) bond motifs is 2. The Hall–Kier alpha value is -16.7. The van der Waals surface area contributed by atoms with Crippen LogP contribution in [0, 0.1) is 0 Å². The van der Waals surface area contributed by atoms with Gasteiger partial charge >= 0.3 is 0 Å². The van der Waals surface area contributed by atoms with Gasteiger partial charge in [-0.15, -0.1) is 0 Å². The van der Waals surface area contributed by atoms with Gasteiger partial charge in [-0.05, 0) is 133 Å². The van der Waals surface area contributed by atoms with E-state index in [0.717, 1.165) is 167 Å². The first-order valence-electron chi connectivity index (χ1n) is 40.4. The first kappa shape index (κ1) is 74.1. The Morgan fingerprint density at radius 1 is 0.115 bits per heavy atom. The summed E-state index contributed by atoms with van der Waals surface area (Å²) >= 11 is 0. The Morgan fingerprint density at radius 2 is 0.336 bits per heavy atom. The zero-order valence-electron chi connectivity index (χ0n) is 65.9. The molecular formula is C110H72N12. The van der Waals surface area contributed by atoms with Crippen LogP contribution in [0.4, 0.5) is 0 Å². The Balaban J connectivity index is 0.000000156. The Kier molecular flexibility index (Phi) is 20.6. The number of nitrogens with zero attached hydrogens (tertiary/aromatic N) is 12. The smallest absolute Gasteiger partial charge is 0.164 e.